The Morgan fingerprint density at radius 3 is 2.89 bits per heavy atom. The number of rotatable bonds is 3. The number of benzene rings is 1. The number of alkyl halides is 1. The first-order valence-corrected chi connectivity index (χ1v) is 6.34. The van der Waals surface area contributed by atoms with Crippen molar-refractivity contribution >= 4 is 17.5 Å². The third-order valence-electron chi connectivity index (χ3n) is 3.16. The standard InChI is InChI=1S/C13H15ClFNO2/c1-18-12-7-8(5-6-10(12)15)13(17)16-11-4-2-3-9(11)14/h5-7,9,11H,2-4H2,1H3,(H,16,17). The molecular formula is C13H15ClFNO2. The van der Waals surface area contributed by atoms with Crippen LogP contribution in [0.3, 0.4) is 0 Å². The summed E-state index contributed by atoms with van der Waals surface area (Å²) in [4.78, 5) is 12.0. The Morgan fingerprint density at radius 2 is 2.28 bits per heavy atom. The normalized spacial score (nSPS) is 22.8. The van der Waals surface area contributed by atoms with Crippen LogP contribution >= 0.6 is 11.6 Å². The Bertz CT molecular complexity index is 453. The highest BCUT2D eigenvalue weighted by molar-refractivity contribution is 6.21. The smallest absolute Gasteiger partial charge is 0.251 e. The van der Waals surface area contributed by atoms with Gasteiger partial charge in [-0.05, 0) is 37.5 Å². The topological polar surface area (TPSA) is 38.3 Å². The molecule has 0 spiro atoms. The van der Waals surface area contributed by atoms with Crippen LogP contribution in [0, 0.1) is 5.82 Å². The van der Waals surface area contributed by atoms with Gasteiger partial charge in [0.1, 0.15) is 0 Å². The third kappa shape index (κ3) is 2.75. The van der Waals surface area contributed by atoms with Crippen molar-refractivity contribution in [2.24, 2.45) is 0 Å². The molecule has 98 valence electrons. The molecule has 3 nitrogen and oxygen atoms in total. The van der Waals surface area contributed by atoms with Crippen LogP contribution in [0.15, 0.2) is 18.2 Å². The fourth-order valence-corrected chi connectivity index (χ4v) is 2.47. The molecule has 2 unspecified atom stereocenters. The Hall–Kier alpha value is -1.29. The van der Waals surface area contributed by atoms with Gasteiger partial charge < -0.3 is 10.1 Å². The van der Waals surface area contributed by atoms with Crippen molar-refractivity contribution in [2.45, 2.75) is 30.7 Å². The Balaban J connectivity index is 2.09. The summed E-state index contributed by atoms with van der Waals surface area (Å²) in [6.45, 7) is 0. The number of hydrogen-bond donors (Lipinski definition) is 1. The van der Waals surface area contributed by atoms with Crippen LogP contribution in [0.4, 0.5) is 4.39 Å². The summed E-state index contributed by atoms with van der Waals surface area (Å²) in [6.07, 6.45) is 2.82. The van der Waals surface area contributed by atoms with Gasteiger partial charge in [0.2, 0.25) is 0 Å². The highest BCUT2D eigenvalue weighted by Crippen LogP contribution is 2.25. The maximum Gasteiger partial charge on any atom is 0.251 e. The van der Waals surface area contributed by atoms with Gasteiger partial charge in [-0.3, -0.25) is 4.79 Å². The van der Waals surface area contributed by atoms with Crippen molar-refractivity contribution in [3.05, 3.63) is 29.6 Å². The van der Waals surface area contributed by atoms with Gasteiger partial charge in [0, 0.05) is 11.6 Å². The van der Waals surface area contributed by atoms with Gasteiger partial charge in [-0.2, -0.15) is 0 Å². The molecule has 1 aliphatic rings. The van der Waals surface area contributed by atoms with E-state index in [0.29, 0.717) is 5.56 Å². The molecule has 2 atom stereocenters. The Kier molecular flexibility index (Phi) is 4.07. The molecule has 0 heterocycles. The molecule has 1 aromatic carbocycles. The minimum atomic E-state index is -0.481. The number of halogens is 2. The lowest BCUT2D eigenvalue weighted by atomic mass is 10.1. The number of methoxy groups -OCH3 is 1. The molecule has 1 amide bonds. The SMILES string of the molecule is COc1cc(C(=O)NC2CCCC2Cl)ccc1F. The third-order valence-corrected chi connectivity index (χ3v) is 3.68. The molecule has 2 rings (SSSR count). The number of hydrogen-bond acceptors (Lipinski definition) is 2. The van der Waals surface area contributed by atoms with E-state index >= 15 is 0 Å². The minimum absolute atomic E-state index is 0.00443. The first kappa shape index (κ1) is 13.1. The van der Waals surface area contributed by atoms with Gasteiger partial charge in [0.15, 0.2) is 11.6 Å². The summed E-state index contributed by atoms with van der Waals surface area (Å²) in [5.74, 6) is -0.660. The van der Waals surface area contributed by atoms with Crippen molar-refractivity contribution in [1.29, 1.82) is 0 Å². The molecule has 18 heavy (non-hydrogen) atoms. The predicted octanol–water partition coefficient (Wildman–Crippen LogP) is 2.72. The van der Waals surface area contributed by atoms with Gasteiger partial charge in [-0.1, -0.05) is 0 Å². The van der Waals surface area contributed by atoms with Gasteiger partial charge in [0.25, 0.3) is 5.91 Å². The lowest BCUT2D eigenvalue weighted by Crippen LogP contribution is -2.37. The zero-order valence-electron chi connectivity index (χ0n) is 10.1. The van der Waals surface area contributed by atoms with Crippen molar-refractivity contribution < 1.29 is 13.9 Å². The summed E-state index contributed by atoms with van der Waals surface area (Å²) >= 11 is 6.09. The predicted molar refractivity (Wildman–Crippen MR) is 67.7 cm³/mol. The van der Waals surface area contributed by atoms with Gasteiger partial charge in [0.05, 0.1) is 12.5 Å². The average Bonchev–Trinajstić information content (AvgIpc) is 2.75. The zero-order chi connectivity index (χ0) is 13.1. The van der Waals surface area contributed by atoms with Gasteiger partial charge in [-0.15, -0.1) is 11.6 Å². The van der Waals surface area contributed by atoms with E-state index in [1.54, 1.807) is 0 Å². The van der Waals surface area contributed by atoms with Crippen LogP contribution < -0.4 is 10.1 Å². The molecule has 0 aromatic heterocycles. The first-order chi connectivity index (χ1) is 8.61. The molecule has 1 aromatic rings. The van der Waals surface area contributed by atoms with E-state index < -0.39 is 5.82 Å². The fourth-order valence-electron chi connectivity index (χ4n) is 2.13. The lowest BCUT2D eigenvalue weighted by molar-refractivity contribution is 0.0938. The molecule has 0 aliphatic heterocycles. The van der Waals surface area contributed by atoms with Crippen molar-refractivity contribution in [2.75, 3.05) is 7.11 Å². The maximum atomic E-state index is 13.2. The van der Waals surface area contributed by atoms with Crippen molar-refractivity contribution in [1.82, 2.24) is 5.32 Å². The van der Waals surface area contributed by atoms with Crippen LogP contribution in [-0.2, 0) is 0 Å². The molecule has 0 saturated heterocycles. The molecular weight excluding hydrogens is 257 g/mol. The number of amides is 1. The zero-order valence-corrected chi connectivity index (χ0v) is 10.8. The van der Waals surface area contributed by atoms with Crippen molar-refractivity contribution in [3.63, 3.8) is 0 Å². The maximum absolute atomic E-state index is 13.2. The van der Waals surface area contributed by atoms with Gasteiger partial charge in [-0.25, -0.2) is 4.39 Å². The van der Waals surface area contributed by atoms with E-state index in [9.17, 15) is 9.18 Å². The Morgan fingerprint density at radius 1 is 1.50 bits per heavy atom. The summed E-state index contributed by atoms with van der Waals surface area (Å²) in [6, 6.07) is 4.05. The summed E-state index contributed by atoms with van der Waals surface area (Å²) in [7, 11) is 1.37. The molecule has 1 aliphatic carbocycles. The van der Waals surface area contributed by atoms with Crippen LogP contribution in [0.1, 0.15) is 29.6 Å². The van der Waals surface area contributed by atoms with Crippen LogP contribution in [-0.4, -0.2) is 24.4 Å². The van der Waals surface area contributed by atoms with Gasteiger partial charge >= 0.3 is 0 Å². The Labute approximate surface area is 110 Å². The summed E-state index contributed by atoms with van der Waals surface area (Å²) in [5.41, 5.74) is 0.379. The number of carbonyl (C=O) groups is 1. The molecule has 1 fully saturated rings. The molecule has 5 heteroatoms. The van der Waals surface area contributed by atoms with E-state index in [4.69, 9.17) is 16.3 Å². The van der Waals surface area contributed by atoms with Crippen LogP contribution in [0.2, 0.25) is 0 Å². The fraction of sp³-hybridized carbons (Fsp3) is 0.462. The van der Waals surface area contributed by atoms with Crippen molar-refractivity contribution in [3.8, 4) is 5.75 Å². The first-order valence-electron chi connectivity index (χ1n) is 5.90. The van der Waals surface area contributed by atoms with E-state index in [-0.39, 0.29) is 23.1 Å². The second-order valence-electron chi connectivity index (χ2n) is 4.38. The summed E-state index contributed by atoms with van der Waals surface area (Å²) < 4.78 is 18.1. The second kappa shape index (κ2) is 5.57. The number of nitrogens with one attached hydrogen (secondary N) is 1. The summed E-state index contributed by atoms with van der Waals surface area (Å²) in [5, 5.41) is 2.85. The van der Waals surface area contributed by atoms with E-state index in [2.05, 4.69) is 5.32 Å². The largest absolute Gasteiger partial charge is 0.494 e. The minimum Gasteiger partial charge on any atom is -0.494 e. The average molecular weight is 272 g/mol. The molecule has 1 N–H and O–H groups in total. The highest BCUT2D eigenvalue weighted by Gasteiger charge is 2.27. The second-order valence-corrected chi connectivity index (χ2v) is 4.94. The molecule has 1 saturated carbocycles. The highest BCUT2D eigenvalue weighted by atomic mass is 35.5. The molecule has 0 bridgehead atoms. The molecule has 0 radical (unpaired) electrons. The van der Waals surface area contributed by atoms with Crippen LogP contribution in [0.25, 0.3) is 0 Å². The van der Waals surface area contributed by atoms with E-state index in [1.165, 1.54) is 25.3 Å². The number of carbonyl (C=O) groups excluding carboxylic acids is 1. The van der Waals surface area contributed by atoms with Crippen LogP contribution in [0.5, 0.6) is 5.75 Å². The quantitative estimate of drug-likeness (QED) is 0.859. The monoisotopic (exact) mass is 271 g/mol. The van der Waals surface area contributed by atoms with E-state index in [1.807, 2.05) is 0 Å². The lowest BCUT2D eigenvalue weighted by Gasteiger charge is -2.16. The number of ether oxygens (including phenoxy) is 1. The van der Waals surface area contributed by atoms with E-state index in [0.717, 1.165) is 19.3 Å².